The quantitative estimate of drug-likeness (QED) is 0.118. The summed E-state index contributed by atoms with van der Waals surface area (Å²) in [5, 5.41) is 8.44. The van der Waals surface area contributed by atoms with Crippen LogP contribution >= 0.6 is 0 Å². The van der Waals surface area contributed by atoms with E-state index in [2.05, 4.69) is 11.8 Å². The van der Waals surface area contributed by atoms with E-state index >= 15 is 0 Å². The number of methoxy groups -OCH3 is 1. The number of ketones is 1. The summed E-state index contributed by atoms with van der Waals surface area (Å²) < 4.78 is 26.5. The van der Waals surface area contributed by atoms with Gasteiger partial charge in [0.25, 0.3) is 0 Å². The SMILES string of the molecule is [B][C@H]1[CH-][C@H](OO)[C@@H](COC)C1.[CH2-]CC(=O)COC1OC(COC(C)=O)C(OC(C)=O)C(C)C1C.[CH3-].[V+2].[W]. The summed E-state index contributed by atoms with van der Waals surface area (Å²) in [5.41, 5.74) is 0. The number of carbonyl (C=O) groups excluding carboxylic acids is 3. The summed E-state index contributed by atoms with van der Waals surface area (Å²) in [5.74, 6) is -0.999. The van der Waals surface area contributed by atoms with E-state index in [9.17, 15) is 14.4 Å². The Morgan fingerprint density at radius 1 is 1.14 bits per heavy atom. The molecule has 1 N–H and O–H groups in total. The van der Waals surface area contributed by atoms with Crippen LogP contribution in [0.25, 0.3) is 0 Å². The van der Waals surface area contributed by atoms with E-state index in [1.807, 2.05) is 13.8 Å². The van der Waals surface area contributed by atoms with Gasteiger partial charge in [0.05, 0.1) is 0 Å². The zero-order valence-corrected chi connectivity index (χ0v) is 26.8. The van der Waals surface area contributed by atoms with Crippen LogP contribution in [-0.2, 0) is 82.6 Å². The Hall–Kier alpha value is -0.252. The molecule has 0 aromatic rings. The largest absolute Gasteiger partial charge is 2.00 e. The number of hydrogen-bond acceptors (Lipinski definition) is 10. The zero-order chi connectivity index (χ0) is 25.8. The molecule has 1 aliphatic heterocycles. The van der Waals surface area contributed by atoms with Gasteiger partial charge in [-0.2, -0.15) is 5.82 Å². The maximum atomic E-state index is 11.4. The Kier molecular flexibility index (Phi) is 24.0. The number of esters is 2. The Morgan fingerprint density at radius 2 is 1.76 bits per heavy atom. The smallest absolute Gasteiger partial charge is 0.463 e. The third-order valence-corrected chi connectivity index (χ3v) is 5.87. The van der Waals surface area contributed by atoms with Gasteiger partial charge in [-0.1, -0.05) is 20.3 Å². The molecule has 1 saturated carbocycles. The molecule has 8 atom stereocenters. The third-order valence-electron chi connectivity index (χ3n) is 5.87. The van der Waals surface area contributed by atoms with Crippen LogP contribution in [0.5, 0.6) is 0 Å². The predicted molar refractivity (Wildman–Crippen MR) is 128 cm³/mol. The van der Waals surface area contributed by atoms with Crippen molar-refractivity contribution in [3.8, 4) is 0 Å². The fraction of sp³-hybridized carbons (Fsp3) is 0.750. The fourth-order valence-electron chi connectivity index (χ4n) is 3.87. The normalized spacial score (nSPS) is 30.2. The van der Waals surface area contributed by atoms with E-state index in [0.29, 0.717) is 6.61 Å². The molecule has 3 radical (unpaired) electrons. The molecule has 13 heteroatoms. The summed E-state index contributed by atoms with van der Waals surface area (Å²) >= 11 is 0. The van der Waals surface area contributed by atoms with Gasteiger partial charge in [-0.15, -0.1) is 6.42 Å². The average Bonchev–Trinajstić information content (AvgIpc) is 3.15. The minimum absolute atomic E-state index is 0. The molecule has 0 spiro atoms. The van der Waals surface area contributed by atoms with Crippen LogP contribution in [0.15, 0.2) is 0 Å². The minimum atomic E-state index is -0.645. The number of hydrogen-bond donors (Lipinski definition) is 1. The second kappa shape index (κ2) is 21.6. The number of carbonyl (C=O) groups is 3. The molecule has 10 nitrogen and oxygen atoms in total. The van der Waals surface area contributed by atoms with Gasteiger partial charge in [-0.3, -0.25) is 19.7 Å². The molecule has 1 aliphatic carbocycles. The van der Waals surface area contributed by atoms with Crippen molar-refractivity contribution in [2.24, 2.45) is 17.8 Å². The molecule has 0 bridgehead atoms. The molecule has 1 heterocycles. The van der Waals surface area contributed by atoms with Crippen molar-refractivity contribution in [2.75, 3.05) is 26.9 Å². The third kappa shape index (κ3) is 14.6. The first-order valence-corrected chi connectivity index (χ1v) is 11.3. The van der Waals surface area contributed by atoms with Crippen LogP contribution in [-0.4, -0.2) is 82.4 Å². The van der Waals surface area contributed by atoms with Gasteiger partial charge < -0.3 is 49.3 Å². The molecular formula is C24H40BO10VW-. The van der Waals surface area contributed by atoms with Crippen molar-refractivity contribution in [3.63, 3.8) is 0 Å². The van der Waals surface area contributed by atoms with Gasteiger partial charge in [0.1, 0.15) is 31.2 Å². The van der Waals surface area contributed by atoms with E-state index in [1.54, 1.807) is 13.5 Å². The molecule has 0 aromatic heterocycles. The first-order chi connectivity index (χ1) is 16.0. The monoisotopic (exact) mass is 734 g/mol. The number of rotatable bonds is 10. The van der Waals surface area contributed by atoms with E-state index in [-0.39, 0.29) is 102 Å². The Morgan fingerprint density at radius 3 is 2.24 bits per heavy atom. The molecule has 2 fully saturated rings. The van der Waals surface area contributed by atoms with Crippen LogP contribution in [0.1, 0.15) is 40.5 Å². The second-order valence-electron chi connectivity index (χ2n) is 8.61. The van der Waals surface area contributed by atoms with Crippen molar-refractivity contribution in [1.82, 2.24) is 0 Å². The molecule has 0 aromatic carbocycles. The molecule has 0 amide bonds. The summed E-state index contributed by atoms with van der Waals surface area (Å²) in [4.78, 5) is 37.9. The summed E-state index contributed by atoms with van der Waals surface area (Å²) in [6.45, 7) is 10.3. The van der Waals surface area contributed by atoms with E-state index < -0.39 is 30.4 Å². The van der Waals surface area contributed by atoms with E-state index in [1.165, 1.54) is 13.8 Å². The molecule has 211 valence electrons. The van der Waals surface area contributed by atoms with Crippen LogP contribution in [0.3, 0.4) is 0 Å². The minimum Gasteiger partial charge on any atom is -0.463 e. The number of ether oxygens (including phenoxy) is 5. The van der Waals surface area contributed by atoms with Crippen molar-refractivity contribution in [2.45, 2.75) is 71.0 Å². The average molecular weight is 734 g/mol. The molecule has 1 saturated heterocycles. The van der Waals surface area contributed by atoms with Crippen LogP contribution < -0.4 is 0 Å². The van der Waals surface area contributed by atoms with Gasteiger partial charge in [0, 0.05) is 68.3 Å². The molecule has 2 rings (SSSR count). The Labute approximate surface area is 249 Å². The summed E-state index contributed by atoms with van der Waals surface area (Å²) in [6, 6.07) is 0. The topological polar surface area (TPSA) is 127 Å². The van der Waals surface area contributed by atoms with Crippen LogP contribution in [0.2, 0.25) is 5.82 Å². The molecule has 37 heavy (non-hydrogen) atoms. The van der Waals surface area contributed by atoms with Crippen LogP contribution in [0, 0.1) is 38.5 Å². The standard InChI is InChI=1S/C16H25O7.C7H12BO3.CH3.V.W/c1-6-13(19)7-21-16-10(3)9(2)15(22-12(5)18)14(23-16)8-20-11(4)17;1-10-4-5-2-6(8)3-7(5)11-9;;;/h9-10,14-16H,1,6-8H2,2-5H3;3,5-7,9H,2,4H2,1H3;1H3;;/q3*-1;+2;/t;5-,6-,7+;;;/m.1.../s1. The molecule has 5 unspecified atom stereocenters. The maximum Gasteiger partial charge on any atom is 2.00 e. The van der Waals surface area contributed by atoms with Gasteiger partial charge in [-0.05, 0) is 12.0 Å². The fourth-order valence-corrected chi connectivity index (χ4v) is 3.87. The van der Waals surface area contributed by atoms with Crippen molar-refractivity contribution >= 4 is 25.6 Å². The second-order valence-corrected chi connectivity index (χ2v) is 8.61. The maximum absolute atomic E-state index is 11.4. The molecular weight excluding hydrogens is 694 g/mol. The predicted octanol–water partition coefficient (Wildman–Crippen LogP) is 2.41. The number of Topliss-reactive ketones (excluding diaryl/α,β-unsaturated/α-hetero) is 1. The van der Waals surface area contributed by atoms with Crippen LogP contribution in [0.4, 0.5) is 0 Å². The van der Waals surface area contributed by atoms with E-state index in [0.717, 1.165) is 6.42 Å². The Bertz CT molecular complexity index is 659. The van der Waals surface area contributed by atoms with Gasteiger partial charge in [-0.25, -0.2) is 0 Å². The first-order valence-electron chi connectivity index (χ1n) is 11.3. The van der Waals surface area contributed by atoms with Gasteiger partial charge >= 0.3 is 30.5 Å². The van der Waals surface area contributed by atoms with E-state index in [4.69, 9.17) is 36.8 Å². The summed E-state index contributed by atoms with van der Waals surface area (Å²) in [6.07, 6.45) is 0.656. The van der Waals surface area contributed by atoms with Crippen molar-refractivity contribution in [1.29, 1.82) is 0 Å². The van der Waals surface area contributed by atoms with Gasteiger partial charge in [0.15, 0.2) is 6.29 Å². The zero-order valence-electron chi connectivity index (χ0n) is 22.5. The van der Waals surface area contributed by atoms with Crippen molar-refractivity contribution < 1.29 is 87.8 Å². The van der Waals surface area contributed by atoms with Gasteiger partial charge in [0.2, 0.25) is 0 Å². The molecule has 2 aliphatic rings. The Balaban J connectivity index is -0.000000702. The first kappa shape index (κ1) is 41.2. The van der Waals surface area contributed by atoms with Crippen molar-refractivity contribution in [3.05, 3.63) is 20.8 Å². The summed E-state index contributed by atoms with van der Waals surface area (Å²) in [7, 11) is 7.24.